The standard InChI is InChI=1S/C18H15Cl2N3O2/c19-10-3-5-12(13(20)8-10)18(24)21-11-4-6-14-15(9-11)23-17(22-14)16-2-1-7-25-16/h3-6,8-9,16H,1-2,7H2,(H,21,24)(H,22,23)/t16-/m0/s1. The van der Waals surface area contributed by atoms with Gasteiger partial charge in [0.25, 0.3) is 5.91 Å². The third-order valence-electron chi connectivity index (χ3n) is 4.17. The molecular weight excluding hydrogens is 361 g/mol. The molecule has 1 aromatic heterocycles. The number of imidazole rings is 1. The van der Waals surface area contributed by atoms with Crippen LogP contribution in [0.1, 0.15) is 35.1 Å². The van der Waals surface area contributed by atoms with Crippen LogP contribution < -0.4 is 5.32 Å². The third-order valence-corrected chi connectivity index (χ3v) is 4.72. The molecule has 25 heavy (non-hydrogen) atoms. The Kier molecular flexibility index (Phi) is 4.37. The molecule has 0 saturated carbocycles. The molecule has 0 spiro atoms. The van der Waals surface area contributed by atoms with Crippen LogP contribution in [0, 0.1) is 0 Å². The van der Waals surface area contributed by atoms with Crippen LogP contribution in [-0.2, 0) is 4.74 Å². The largest absolute Gasteiger partial charge is 0.370 e. The van der Waals surface area contributed by atoms with Gasteiger partial charge in [-0.1, -0.05) is 23.2 Å². The minimum absolute atomic E-state index is 0.0262. The van der Waals surface area contributed by atoms with E-state index in [2.05, 4.69) is 15.3 Å². The zero-order valence-corrected chi connectivity index (χ0v) is 14.7. The Bertz CT molecular complexity index is 949. The highest BCUT2D eigenvalue weighted by Gasteiger charge is 2.21. The minimum atomic E-state index is -0.292. The van der Waals surface area contributed by atoms with E-state index in [9.17, 15) is 4.79 Å². The number of carbonyl (C=O) groups is 1. The summed E-state index contributed by atoms with van der Waals surface area (Å²) < 4.78 is 5.66. The van der Waals surface area contributed by atoms with Crippen LogP contribution in [0.25, 0.3) is 11.0 Å². The first-order valence-corrected chi connectivity index (χ1v) is 8.73. The van der Waals surface area contributed by atoms with Crippen molar-refractivity contribution < 1.29 is 9.53 Å². The van der Waals surface area contributed by atoms with Crippen LogP contribution in [-0.4, -0.2) is 22.5 Å². The summed E-state index contributed by atoms with van der Waals surface area (Å²) in [5.74, 6) is 0.539. The second-order valence-corrected chi connectivity index (χ2v) is 6.78. The molecule has 3 aromatic rings. The number of hydrogen-bond acceptors (Lipinski definition) is 3. The first-order valence-electron chi connectivity index (χ1n) is 7.98. The zero-order chi connectivity index (χ0) is 17.4. The number of anilines is 1. The molecule has 1 saturated heterocycles. The molecule has 2 aromatic carbocycles. The van der Waals surface area contributed by atoms with Crippen molar-refractivity contribution in [1.29, 1.82) is 0 Å². The molecule has 4 rings (SSSR count). The maximum Gasteiger partial charge on any atom is 0.257 e. The van der Waals surface area contributed by atoms with Crippen molar-refractivity contribution in [1.82, 2.24) is 9.97 Å². The molecule has 2 heterocycles. The van der Waals surface area contributed by atoms with Crippen molar-refractivity contribution in [2.75, 3.05) is 11.9 Å². The molecule has 128 valence electrons. The Labute approximate surface area is 154 Å². The zero-order valence-electron chi connectivity index (χ0n) is 13.2. The lowest BCUT2D eigenvalue weighted by atomic mass is 10.2. The monoisotopic (exact) mass is 375 g/mol. The number of hydrogen-bond donors (Lipinski definition) is 2. The lowest BCUT2D eigenvalue weighted by Gasteiger charge is -2.07. The lowest BCUT2D eigenvalue weighted by Crippen LogP contribution is -2.12. The van der Waals surface area contributed by atoms with Crippen LogP contribution >= 0.6 is 23.2 Å². The van der Waals surface area contributed by atoms with Crippen molar-refractivity contribution in [3.63, 3.8) is 0 Å². The summed E-state index contributed by atoms with van der Waals surface area (Å²) in [6, 6.07) is 10.3. The summed E-state index contributed by atoms with van der Waals surface area (Å²) >= 11 is 12.0. The number of amides is 1. The highest BCUT2D eigenvalue weighted by atomic mass is 35.5. The smallest absolute Gasteiger partial charge is 0.257 e. The van der Waals surface area contributed by atoms with Gasteiger partial charge < -0.3 is 15.0 Å². The fourth-order valence-corrected chi connectivity index (χ4v) is 3.42. The summed E-state index contributed by atoms with van der Waals surface area (Å²) in [7, 11) is 0. The number of benzene rings is 2. The van der Waals surface area contributed by atoms with Crippen molar-refractivity contribution in [2.45, 2.75) is 18.9 Å². The average Bonchev–Trinajstić information content (AvgIpc) is 3.23. The topological polar surface area (TPSA) is 67.0 Å². The van der Waals surface area contributed by atoms with E-state index >= 15 is 0 Å². The van der Waals surface area contributed by atoms with Crippen molar-refractivity contribution >= 4 is 45.8 Å². The number of fused-ring (bicyclic) bond motifs is 1. The van der Waals surface area contributed by atoms with Gasteiger partial charge in [0.15, 0.2) is 0 Å². The van der Waals surface area contributed by atoms with Gasteiger partial charge in [0.2, 0.25) is 0 Å². The number of nitrogens with zero attached hydrogens (tertiary/aromatic N) is 1. The van der Waals surface area contributed by atoms with Gasteiger partial charge in [-0.15, -0.1) is 0 Å². The van der Waals surface area contributed by atoms with Crippen molar-refractivity contribution in [3.05, 3.63) is 57.8 Å². The number of aromatic amines is 1. The fraction of sp³-hybridized carbons (Fsp3) is 0.222. The number of aromatic nitrogens is 2. The maximum atomic E-state index is 12.4. The fourth-order valence-electron chi connectivity index (χ4n) is 2.92. The second kappa shape index (κ2) is 6.67. The van der Waals surface area contributed by atoms with Gasteiger partial charge in [-0.05, 0) is 49.2 Å². The van der Waals surface area contributed by atoms with Gasteiger partial charge in [0, 0.05) is 17.3 Å². The molecule has 1 aliphatic rings. The van der Waals surface area contributed by atoms with Gasteiger partial charge in [-0.25, -0.2) is 4.98 Å². The quantitative estimate of drug-likeness (QED) is 0.678. The highest BCUT2D eigenvalue weighted by Crippen LogP contribution is 2.29. The second-order valence-electron chi connectivity index (χ2n) is 5.93. The van der Waals surface area contributed by atoms with Crippen LogP contribution in [0.5, 0.6) is 0 Å². The van der Waals surface area contributed by atoms with Crippen LogP contribution in [0.15, 0.2) is 36.4 Å². The third kappa shape index (κ3) is 3.35. The molecule has 0 unspecified atom stereocenters. The molecule has 1 fully saturated rings. The van der Waals surface area contributed by atoms with E-state index in [1.165, 1.54) is 0 Å². The van der Waals surface area contributed by atoms with E-state index in [4.69, 9.17) is 27.9 Å². The number of carbonyl (C=O) groups excluding carboxylic acids is 1. The first-order chi connectivity index (χ1) is 12.1. The Balaban J connectivity index is 1.57. The van der Waals surface area contributed by atoms with Crippen LogP contribution in [0.2, 0.25) is 10.0 Å². The molecule has 7 heteroatoms. The molecule has 5 nitrogen and oxygen atoms in total. The predicted octanol–water partition coefficient (Wildman–Crippen LogP) is 4.97. The highest BCUT2D eigenvalue weighted by molar-refractivity contribution is 6.37. The number of halogens is 2. The molecule has 1 amide bonds. The Morgan fingerprint density at radius 2 is 2.12 bits per heavy atom. The normalized spacial score (nSPS) is 17.1. The van der Waals surface area contributed by atoms with E-state index in [0.29, 0.717) is 21.3 Å². The minimum Gasteiger partial charge on any atom is -0.370 e. The van der Waals surface area contributed by atoms with Gasteiger partial charge in [0.05, 0.1) is 21.6 Å². The molecular formula is C18H15Cl2N3O2. The summed E-state index contributed by atoms with van der Waals surface area (Å²) in [6.45, 7) is 0.769. The number of H-pyrrole nitrogens is 1. The van der Waals surface area contributed by atoms with Gasteiger partial charge in [0.1, 0.15) is 11.9 Å². The summed E-state index contributed by atoms with van der Waals surface area (Å²) in [5.41, 5.74) is 2.72. The SMILES string of the molecule is O=C(Nc1ccc2nc([C@@H]3CCCO3)[nH]c2c1)c1ccc(Cl)cc1Cl. The van der Waals surface area contributed by atoms with Crippen molar-refractivity contribution in [3.8, 4) is 0 Å². The lowest BCUT2D eigenvalue weighted by molar-refractivity contribution is 0.102. The van der Waals surface area contributed by atoms with E-state index in [1.54, 1.807) is 18.2 Å². The summed E-state index contributed by atoms with van der Waals surface area (Å²) in [4.78, 5) is 20.3. The Hall–Kier alpha value is -2.08. The Morgan fingerprint density at radius 3 is 2.88 bits per heavy atom. The first kappa shape index (κ1) is 16.4. The van der Waals surface area contributed by atoms with Crippen LogP contribution in [0.4, 0.5) is 5.69 Å². The summed E-state index contributed by atoms with van der Waals surface area (Å²) in [6.07, 6.45) is 2.04. The van der Waals surface area contributed by atoms with Gasteiger partial charge >= 0.3 is 0 Å². The van der Waals surface area contributed by atoms with Gasteiger partial charge in [-0.3, -0.25) is 4.79 Å². The van der Waals surface area contributed by atoms with E-state index in [-0.39, 0.29) is 12.0 Å². The average molecular weight is 376 g/mol. The van der Waals surface area contributed by atoms with E-state index in [1.807, 2.05) is 18.2 Å². The molecule has 1 atom stereocenters. The number of ether oxygens (including phenoxy) is 1. The van der Waals surface area contributed by atoms with Gasteiger partial charge in [-0.2, -0.15) is 0 Å². The van der Waals surface area contributed by atoms with Crippen molar-refractivity contribution in [2.24, 2.45) is 0 Å². The summed E-state index contributed by atoms with van der Waals surface area (Å²) in [5, 5.41) is 3.65. The maximum absolute atomic E-state index is 12.4. The van der Waals surface area contributed by atoms with E-state index < -0.39 is 0 Å². The molecule has 0 radical (unpaired) electrons. The van der Waals surface area contributed by atoms with Crippen LogP contribution in [0.3, 0.4) is 0 Å². The predicted molar refractivity (Wildman–Crippen MR) is 98.4 cm³/mol. The Morgan fingerprint density at radius 1 is 1.24 bits per heavy atom. The molecule has 2 N–H and O–H groups in total. The molecule has 0 bridgehead atoms. The van der Waals surface area contributed by atoms with E-state index in [0.717, 1.165) is 36.3 Å². The number of rotatable bonds is 3. The molecule has 0 aliphatic carbocycles. The number of nitrogens with one attached hydrogen (secondary N) is 2. The molecule has 1 aliphatic heterocycles.